The van der Waals surface area contributed by atoms with Crippen LogP contribution in [0.25, 0.3) is 0 Å². The molecule has 0 aromatic carbocycles. The molecule has 0 aliphatic carbocycles. The van der Waals surface area contributed by atoms with Crippen molar-refractivity contribution in [2.75, 3.05) is 6.54 Å². The molecule has 15 heavy (non-hydrogen) atoms. The van der Waals surface area contributed by atoms with Gasteiger partial charge < -0.3 is 5.11 Å². The topological polar surface area (TPSA) is 79.3 Å². The monoisotopic (exact) mass is 202 g/mol. The zero-order valence-electron chi connectivity index (χ0n) is 8.73. The number of carboxylic acid groups (broad SMARTS) is 1. The van der Waals surface area contributed by atoms with Gasteiger partial charge in [-0.2, -0.15) is 0 Å². The first kappa shape index (κ1) is 13.7. The zero-order valence-corrected chi connectivity index (χ0v) is 8.73. The first-order valence-electron chi connectivity index (χ1n) is 4.46. The third-order valence-electron chi connectivity index (χ3n) is 1.31. The van der Waals surface area contributed by atoms with Gasteiger partial charge in [-0.05, 0) is 12.1 Å². The van der Waals surface area contributed by atoms with Crippen molar-refractivity contribution in [1.82, 2.24) is 10.3 Å². The second kappa shape index (κ2) is 8.03. The van der Waals surface area contributed by atoms with Gasteiger partial charge in [0.05, 0.1) is 0 Å². The molecule has 0 unspecified atom stereocenters. The van der Waals surface area contributed by atoms with E-state index >= 15 is 0 Å². The van der Waals surface area contributed by atoms with Gasteiger partial charge in [0.1, 0.15) is 5.69 Å². The summed E-state index contributed by atoms with van der Waals surface area (Å²) in [6.07, 6.45) is 1.45. The van der Waals surface area contributed by atoms with Crippen LogP contribution in [0, 0.1) is 0 Å². The number of rotatable bonds is 2. The Kier molecular flexibility index (Phi) is 7.33. The van der Waals surface area contributed by atoms with E-state index in [1.165, 1.54) is 30.0 Å². The summed E-state index contributed by atoms with van der Waals surface area (Å²) in [4.78, 5) is 23.6. The van der Waals surface area contributed by atoms with Crippen molar-refractivity contribution < 1.29 is 14.7 Å². The van der Waals surface area contributed by atoms with E-state index in [1.807, 2.05) is 6.92 Å². The molecule has 0 fully saturated rings. The van der Waals surface area contributed by atoms with Crippen LogP contribution in [0.15, 0.2) is 24.4 Å². The molecule has 76 valence electrons. The van der Waals surface area contributed by atoms with Crippen molar-refractivity contribution in [3.05, 3.63) is 30.1 Å². The quantitative estimate of drug-likeness (QED) is 0.690. The first-order chi connectivity index (χ1) is 7.07. The van der Waals surface area contributed by atoms with E-state index in [0.717, 1.165) is 6.54 Å². The fourth-order valence-electron chi connectivity index (χ4n) is 0.738. The molecule has 0 bridgehead atoms. The van der Waals surface area contributed by atoms with E-state index < -0.39 is 5.97 Å². The molecule has 6 heteroatoms. The molecule has 0 aliphatic heterocycles. The van der Waals surface area contributed by atoms with E-state index in [9.17, 15) is 9.59 Å². The fourth-order valence-corrected chi connectivity index (χ4v) is 0.738. The third kappa shape index (κ3) is 7.74. The molecular weight excluding hydrogens is 191 g/mol. The van der Waals surface area contributed by atoms with Crippen molar-refractivity contribution in [1.29, 1.82) is 0 Å². The van der Waals surface area contributed by atoms with Crippen LogP contribution >= 0.6 is 0 Å². The molecule has 1 amide bonds. The zero-order chi connectivity index (χ0) is 11.7. The Balaban J connectivity index is 0.000000288. The van der Waals surface area contributed by atoms with Gasteiger partial charge in [0.15, 0.2) is 0 Å². The summed E-state index contributed by atoms with van der Waals surface area (Å²) in [5, 5.41) is 10.9. The molecular formula is C9H11LiN2O3. The van der Waals surface area contributed by atoms with Gasteiger partial charge in [-0.25, -0.2) is 9.78 Å². The molecule has 1 aromatic rings. The summed E-state index contributed by atoms with van der Waals surface area (Å²) >= 11 is 1.50. The number of carboxylic acids is 1. The Morgan fingerprint density at radius 3 is 2.40 bits per heavy atom. The maximum absolute atomic E-state index is 10.1. The van der Waals surface area contributed by atoms with Gasteiger partial charge >= 0.3 is 51.8 Å². The number of carbonyl (C=O) groups excluding carboxylic acids is 1. The van der Waals surface area contributed by atoms with Crippen LogP contribution in [0.5, 0.6) is 0 Å². The second-order valence-electron chi connectivity index (χ2n) is 2.61. The first-order valence-corrected chi connectivity index (χ1v) is 4.46. The van der Waals surface area contributed by atoms with Crippen LogP contribution in [0.4, 0.5) is 4.79 Å². The molecule has 0 saturated carbocycles. The van der Waals surface area contributed by atoms with Crippen molar-refractivity contribution in [2.45, 2.75) is 6.92 Å². The summed E-state index contributed by atoms with van der Waals surface area (Å²) in [5.41, 5.74) is 0.0810. The number of hydrogen-bond acceptors (Lipinski definition) is 3. The van der Waals surface area contributed by atoms with Crippen LogP contribution in [-0.4, -0.2) is 44.9 Å². The van der Waals surface area contributed by atoms with Crippen molar-refractivity contribution in [2.24, 2.45) is 0 Å². The van der Waals surface area contributed by atoms with Gasteiger partial charge in [-0.3, -0.25) is 0 Å². The molecule has 1 heterocycles. The molecule has 5 nitrogen and oxygen atoms in total. The third-order valence-corrected chi connectivity index (χ3v) is 1.31. The van der Waals surface area contributed by atoms with Crippen LogP contribution in [0.1, 0.15) is 17.4 Å². The van der Waals surface area contributed by atoms with Crippen molar-refractivity contribution in [3.8, 4) is 0 Å². The molecule has 1 aromatic heterocycles. The average molecular weight is 202 g/mol. The van der Waals surface area contributed by atoms with E-state index in [4.69, 9.17) is 5.11 Å². The predicted octanol–water partition coefficient (Wildman–Crippen LogP) is 0.664. The minimum absolute atomic E-state index is 0.0394. The van der Waals surface area contributed by atoms with Gasteiger partial charge in [-0.1, -0.05) is 6.07 Å². The molecule has 0 radical (unpaired) electrons. The second-order valence-corrected chi connectivity index (χ2v) is 2.61. The summed E-state index contributed by atoms with van der Waals surface area (Å²) in [6.45, 7) is 2.62. The molecule has 1 rings (SSSR count). The summed E-state index contributed by atoms with van der Waals surface area (Å²) < 4.78 is 0.0394. The number of amides is 1. The van der Waals surface area contributed by atoms with Gasteiger partial charge in [0.25, 0.3) is 0 Å². The SMILES string of the molecule is O=C(O)c1ccccn1.[Li][C](=O)NCC. The van der Waals surface area contributed by atoms with E-state index in [0.29, 0.717) is 0 Å². The summed E-state index contributed by atoms with van der Waals surface area (Å²) in [5.74, 6) is -0.990. The van der Waals surface area contributed by atoms with E-state index in [-0.39, 0.29) is 10.3 Å². The summed E-state index contributed by atoms with van der Waals surface area (Å²) in [6, 6.07) is 4.76. The normalized spacial score (nSPS) is 8.47. The van der Waals surface area contributed by atoms with Crippen molar-refractivity contribution >= 4 is 28.3 Å². The van der Waals surface area contributed by atoms with Crippen molar-refractivity contribution in [3.63, 3.8) is 0 Å². The Hall–Kier alpha value is -1.31. The number of aromatic nitrogens is 1. The van der Waals surface area contributed by atoms with Crippen LogP contribution in [-0.2, 0) is 0 Å². The van der Waals surface area contributed by atoms with Crippen LogP contribution in [0.2, 0.25) is 0 Å². The number of nitrogens with one attached hydrogen (secondary N) is 1. The number of carbonyl (C=O) groups is 2. The summed E-state index contributed by atoms with van der Waals surface area (Å²) in [7, 11) is 0. The molecule has 0 saturated heterocycles. The fraction of sp³-hybridized carbons (Fsp3) is 0.222. The molecule has 0 aliphatic rings. The standard InChI is InChI=1S/C6H5NO2.C3H6NO.Li/c8-6(9)5-3-1-2-4-7-5;1-2-4-3-5;/h1-4H,(H,8,9);2H2,1H3,(H,4,5);. The van der Waals surface area contributed by atoms with Gasteiger partial charge in [0, 0.05) is 6.20 Å². The maximum atomic E-state index is 10.1. The van der Waals surface area contributed by atoms with Gasteiger partial charge in [0.2, 0.25) is 0 Å². The Bertz CT molecular complexity index is 316. The van der Waals surface area contributed by atoms with E-state index in [1.54, 1.807) is 12.1 Å². The minimum atomic E-state index is -0.990. The average Bonchev–Trinajstić information content (AvgIpc) is 2.20. The van der Waals surface area contributed by atoms with E-state index in [2.05, 4.69) is 10.3 Å². The number of hydrogen-bond donors (Lipinski definition) is 2. The Labute approximate surface area is 97.1 Å². The Morgan fingerprint density at radius 2 is 2.20 bits per heavy atom. The van der Waals surface area contributed by atoms with Gasteiger partial charge in [-0.15, -0.1) is 0 Å². The number of pyridine rings is 1. The molecule has 2 N–H and O–H groups in total. The van der Waals surface area contributed by atoms with Crippen LogP contribution < -0.4 is 5.32 Å². The predicted molar refractivity (Wildman–Crippen MR) is 56.0 cm³/mol. The molecule has 0 spiro atoms. The number of nitrogens with zero attached hydrogens (tertiary/aromatic N) is 1. The van der Waals surface area contributed by atoms with Crippen LogP contribution in [0.3, 0.4) is 0 Å². The number of aromatic carboxylic acids is 1. The Morgan fingerprint density at radius 1 is 1.53 bits per heavy atom. The molecule has 0 atom stereocenters.